The highest BCUT2D eigenvalue weighted by Gasteiger charge is 2.10. The van der Waals surface area contributed by atoms with Crippen molar-refractivity contribution in [3.63, 3.8) is 0 Å². The van der Waals surface area contributed by atoms with Crippen LogP contribution in [0.4, 0.5) is 0 Å². The van der Waals surface area contributed by atoms with Gasteiger partial charge in [0, 0.05) is 18.0 Å². The maximum absolute atomic E-state index is 9.22. The minimum atomic E-state index is -0.0565. The first-order valence-electron chi connectivity index (χ1n) is 5.28. The number of benzene rings is 1. The summed E-state index contributed by atoms with van der Waals surface area (Å²) in [5, 5.41) is 9.22. The fraction of sp³-hybridized carbons (Fsp3) is 0.0769. The average molecular weight is 226 g/mol. The Morgan fingerprint density at radius 1 is 1.18 bits per heavy atom. The molecule has 17 heavy (non-hydrogen) atoms. The summed E-state index contributed by atoms with van der Waals surface area (Å²) in [6, 6.07) is 9.25. The van der Waals surface area contributed by atoms with Gasteiger partial charge in [-0.3, -0.25) is 4.98 Å². The molecule has 4 heteroatoms. The van der Waals surface area contributed by atoms with E-state index in [2.05, 4.69) is 9.97 Å². The first kappa shape index (κ1) is 9.99. The van der Waals surface area contributed by atoms with Crippen molar-refractivity contribution in [2.24, 2.45) is 0 Å². The fourth-order valence-corrected chi connectivity index (χ4v) is 1.74. The molecule has 0 spiro atoms. The molecule has 0 amide bonds. The molecule has 1 aromatic carbocycles. The molecule has 0 fully saturated rings. The van der Waals surface area contributed by atoms with Crippen LogP contribution in [0.1, 0.15) is 5.56 Å². The molecule has 3 aromatic rings. The minimum absolute atomic E-state index is 0.0565. The lowest BCUT2D eigenvalue weighted by Crippen LogP contribution is -1.81. The van der Waals surface area contributed by atoms with Crippen LogP contribution in [-0.4, -0.2) is 15.1 Å². The van der Waals surface area contributed by atoms with Gasteiger partial charge in [-0.25, -0.2) is 4.98 Å². The number of aliphatic hydroxyl groups excluding tert-OH is 1. The Hall–Kier alpha value is -2.20. The highest BCUT2D eigenvalue weighted by molar-refractivity contribution is 5.79. The van der Waals surface area contributed by atoms with Gasteiger partial charge in [-0.15, -0.1) is 0 Å². The second-order valence-electron chi connectivity index (χ2n) is 3.68. The van der Waals surface area contributed by atoms with E-state index in [1.165, 1.54) is 0 Å². The van der Waals surface area contributed by atoms with Crippen LogP contribution in [0, 0.1) is 0 Å². The summed E-state index contributed by atoms with van der Waals surface area (Å²) in [4.78, 5) is 8.40. The van der Waals surface area contributed by atoms with Gasteiger partial charge in [0.25, 0.3) is 0 Å². The highest BCUT2D eigenvalue weighted by Crippen LogP contribution is 2.25. The molecule has 0 saturated carbocycles. The predicted molar refractivity (Wildman–Crippen MR) is 63.2 cm³/mol. The van der Waals surface area contributed by atoms with E-state index in [9.17, 15) is 5.11 Å². The summed E-state index contributed by atoms with van der Waals surface area (Å²) >= 11 is 0. The Kier molecular flexibility index (Phi) is 2.34. The summed E-state index contributed by atoms with van der Waals surface area (Å²) < 4.78 is 5.66. The summed E-state index contributed by atoms with van der Waals surface area (Å²) in [6.45, 7) is -0.0565. The monoisotopic (exact) mass is 226 g/mol. The van der Waals surface area contributed by atoms with Gasteiger partial charge in [-0.05, 0) is 18.2 Å². The molecule has 0 aliphatic carbocycles. The fourth-order valence-electron chi connectivity index (χ4n) is 1.74. The molecule has 0 atom stereocenters. The van der Waals surface area contributed by atoms with Gasteiger partial charge in [0.2, 0.25) is 5.89 Å². The van der Waals surface area contributed by atoms with Gasteiger partial charge < -0.3 is 9.52 Å². The van der Waals surface area contributed by atoms with Gasteiger partial charge in [0.15, 0.2) is 5.58 Å². The molecule has 0 aliphatic rings. The molecule has 0 saturated heterocycles. The van der Waals surface area contributed by atoms with Crippen LogP contribution in [-0.2, 0) is 6.61 Å². The Morgan fingerprint density at radius 3 is 2.88 bits per heavy atom. The largest absolute Gasteiger partial charge is 0.436 e. The molecule has 3 rings (SSSR count). The lowest BCUT2D eigenvalue weighted by molar-refractivity contribution is 0.282. The standard InChI is InChI=1S/C13H10N2O2/c16-8-10-3-1-5-11-12(10)17-13(15-11)9-4-2-6-14-7-9/h1-7,16H,8H2. The number of oxazole rings is 1. The third-order valence-electron chi connectivity index (χ3n) is 2.58. The summed E-state index contributed by atoms with van der Waals surface area (Å²) in [5.74, 6) is 0.522. The van der Waals surface area contributed by atoms with Gasteiger partial charge in [0.1, 0.15) is 5.52 Å². The van der Waals surface area contributed by atoms with Crippen LogP contribution in [0.2, 0.25) is 0 Å². The summed E-state index contributed by atoms with van der Waals surface area (Å²) in [7, 11) is 0. The summed E-state index contributed by atoms with van der Waals surface area (Å²) in [6.07, 6.45) is 3.40. The average Bonchev–Trinajstić information content (AvgIpc) is 2.83. The van der Waals surface area contributed by atoms with E-state index in [0.29, 0.717) is 11.5 Å². The Balaban J connectivity index is 2.20. The molecule has 4 nitrogen and oxygen atoms in total. The molecule has 2 aromatic heterocycles. The van der Waals surface area contributed by atoms with Crippen LogP contribution in [0.25, 0.3) is 22.6 Å². The zero-order chi connectivity index (χ0) is 11.7. The molecule has 2 heterocycles. The van der Waals surface area contributed by atoms with Crippen molar-refractivity contribution in [1.82, 2.24) is 9.97 Å². The zero-order valence-corrected chi connectivity index (χ0v) is 9.00. The lowest BCUT2D eigenvalue weighted by Gasteiger charge is -1.94. The second-order valence-corrected chi connectivity index (χ2v) is 3.68. The zero-order valence-electron chi connectivity index (χ0n) is 9.00. The van der Waals surface area contributed by atoms with Gasteiger partial charge in [-0.1, -0.05) is 12.1 Å². The molecular weight excluding hydrogens is 216 g/mol. The van der Waals surface area contributed by atoms with Crippen LogP contribution in [0.5, 0.6) is 0 Å². The van der Waals surface area contributed by atoms with Crippen molar-refractivity contribution in [3.8, 4) is 11.5 Å². The Bertz CT molecular complexity index is 647. The second kappa shape index (κ2) is 3.99. The smallest absolute Gasteiger partial charge is 0.228 e. The van der Waals surface area contributed by atoms with Crippen LogP contribution in [0.3, 0.4) is 0 Å². The molecule has 0 unspecified atom stereocenters. The number of hydrogen-bond acceptors (Lipinski definition) is 4. The molecule has 0 bridgehead atoms. The lowest BCUT2D eigenvalue weighted by atomic mass is 10.2. The highest BCUT2D eigenvalue weighted by atomic mass is 16.3. The topological polar surface area (TPSA) is 59.2 Å². The number of nitrogens with zero attached hydrogens (tertiary/aromatic N) is 2. The number of fused-ring (bicyclic) bond motifs is 1. The number of hydrogen-bond donors (Lipinski definition) is 1. The maximum atomic E-state index is 9.22. The van der Waals surface area contributed by atoms with Gasteiger partial charge in [0.05, 0.1) is 12.2 Å². The number of pyridine rings is 1. The van der Waals surface area contributed by atoms with Crippen molar-refractivity contribution in [2.75, 3.05) is 0 Å². The van der Waals surface area contributed by atoms with Crippen molar-refractivity contribution >= 4 is 11.1 Å². The molecule has 1 N–H and O–H groups in total. The van der Waals surface area contributed by atoms with Crippen LogP contribution in [0.15, 0.2) is 47.1 Å². The first-order chi connectivity index (χ1) is 8.38. The quantitative estimate of drug-likeness (QED) is 0.728. The number of rotatable bonds is 2. The molecule has 84 valence electrons. The third kappa shape index (κ3) is 1.68. The van der Waals surface area contributed by atoms with Crippen LogP contribution >= 0.6 is 0 Å². The Labute approximate surface area is 97.6 Å². The van der Waals surface area contributed by atoms with E-state index in [1.807, 2.05) is 30.3 Å². The predicted octanol–water partition coefficient (Wildman–Crippen LogP) is 2.38. The number of aromatic nitrogens is 2. The SMILES string of the molecule is OCc1cccc2nc(-c3cccnc3)oc12. The van der Waals surface area contributed by atoms with E-state index in [4.69, 9.17) is 4.42 Å². The van der Waals surface area contributed by atoms with E-state index in [1.54, 1.807) is 12.4 Å². The van der Waals surface area contributed by atoms with E-state index < -0.39 is 0 Å². The Morgan fingerprint density at radius 2 is 2.12 bits per heavy atom. The number of para-hydroxylation sites is 1. The van der Waals surface area contributed by atoms with Gasteiger partial charge in [-0.2, -0.15) is 0 Å². The maximum Gasteiger partial charge on any atom is 0.228 e. The van der Waals surface area contributed by atoms with Crippen molar-refractivity contribution in [2.45, 2.75) is 6.61 Å². The van der Waals surface area contributed by atoms with Gasteiger partial charge >= 0.3 is 0 Å². The van der Waals surface area contributed by atoms with E-state index >= 15 is 0 Å². The third-order valence-corrected chi connectivity index (χ3v) is 2.58. The first-order valence-corrected chi connectivity index (χ1v) is 5.28. The van der Waals surface area contributed by atoms with Crippen LogP contribution < -0.4 is 0 Å². The molecular formula is C13H10N2O2. The van der Waals surface area contributed by atoms with Crippen molar-refractivity contribution in [1.29, 1.82) is 0 Å². The van der Waals surface area contributed by atoms with E-state index in [0.717, 1.165) is 16.6 Å². The minimum Gasteiger partial charge on any atom is -0.436 e. The van der Waals surface area contributed by atoms with Crippen molar-refractivity contribution in [3.05, 3.63) is 48.3 Å². The molecule has 0 aliphatic heterocycles. The number of aliphatic hydroxyl groups is 1. The molecule has 0 radical (unpaired) electrons. The van der Waals surface area contributed by atoms with E-state index in [-0.39, 0.29) is 6.61 Å². The summed E-state index contributed by atoms with van der Waals surface area (Å²) in [5.41, 5.74) is 2.95. The van der Waals surface area contributed by atoms with Crippen molar-refractivity contribution < 1.29 is 9.52 Å². The normalized spacial score (nSPS) is 10.9.